The third-order valence-electron chi connectivity index (χ3n) is 4.20. The van der Waals surface area contributed by atoms with Gasteiger partial charge in [-0.25, -0.2) is 0 Å². The van der Waals surface area contributed by atoms with Gasteiger partial charge < -0.3 is 14.2 Å². The molecule has 3 rings (SSSR count). The van der Waals surface area contributed by atoms with E-state index in [0.717, 1.165) is 30.8 Å². The Bertz CT molecular complexity index is 664. The standard InChI is InChI=1S/C20H23NO4/c1-15-2-3-19(23-13-15)12-20(22)25-18-6-4-17(5-7-18)24-14-16-8-10-21-11-9-16/h4-11,15,19H,2-3,12-14H2,1H3/t15-,19+/m1/s1. The van der Waals surface area contributed by atoms with Crippen molar-refractivity contribution in [1.82, 2.24) is 4.98 Å². The molecule has 1 aromatic heterocycles. The maximum Gasteiger partial charge on any atom is 0.313 e. The Morgan fingerprint density at radius 2 is 1.84 bits per heavy atom. The van der Waals surface area contributed by atoms with Crippen LogP contribution in [0.4, 0.5) is 0 Å². The van der Waals surface area contributed by atoms with Gasteiger partial charge in [-0.05, 0) is 60.7 Å². The molecule has 5 nitrogen and oxygen atoms in total. The van der Waals surface area contributed by atoms with Crippen LogP contribution in [0.1, 0.15) is 31.7 Å². The number of rotatable bonds is 6. The van der Waals surface area contributed by atoms with E-state index in [1.807, 2.05) is 12.1 Å². The van der Waals surface area contributed by atoms with Crippen molar-refractivity contribution in [2.45, 2.75) is 38.9 Å². The SMILES string of the molecule is C[C@@H]1CC[C@@H](CC(=O)Oc2ccc(OCc3ccncc3)cc2)OC1. The van der Waals surface area contributed by atoms with Crippen LogP contribution in [0.15, 0.2) is 48.8 Å². The average molecular weight is 341 g/mol. The van der Waals surface area contributed by atoms with Crippen LogP contribution in [0.5, 0.6) is 11.5 Å². The van der Waals surface area contributed by atoms with Gasteiger partial charge in [0.05, 0.1) is 12.5 Å². The second-order valence-corrected chi connectivity index (χ2v) is 6.43. The zero-order valence-corrected chi connectivity index (χ0v) is 14.4. The van der Waals surface area contributed by atoms with Gasteiger partial charge in [0.25, 0.3) is 0 Å². The molecule has 0 aliphatic carbocycles. The summed E-state index contributed by atoms with van der Waals surface area (Å²) in [5.41, 5.74) is 1.05. The molecule has 1 aromatic carbocycles. The van der Waals surface area contributed by atoms with Crippen molar-refractivity contribution in [2.24, 2.45) is 5.92 Å². The number of carbonyl (C=O) groups is 1. The van der Waals surface area contributed by atoms with E-state index in [-0.39, 0.29) is 12.1 Å². The molecule has 132 valence electrons. The van der Waals surface area contributed by atoms with Crippen molar-refractivity contribution in [3.8, 4) is 11.5 Å². The summed E-state index contributed by atoms with van der Waals surface area (Å²) in [6.07, 6.45) is 5.76. The van der Waals surface area contributed by atoms with Crippen LogP contribution in [-0.2, 0) is 16.1 Å². The number of esters is 1. The lowest BCUT2D eigenvalue weighted by Gasteiger charge is -2.26. The predicted molar refractivity (Wildman–Crippen MR) is 93.4 cm³/mol. The average Bonchev–Trinajstić information content (AvgIpc) is 2.64. The number of benzene rings is 1. The fourth-order valence-corrected chi connectivity index (χ4v) is 2.71. The summed E-state index contributed by atoms with van der Waals surface area (Å²) in [4.78, 5) is 16.0. The van der Waals surface area contributed by atoms with Gasteiger partial charge in [-0.15, -0.1) is 0 Å². The lowest BCUT2D eigenvalue weighted by molar-refractivity contribution is -0.139. The molecule has 0 unspecified atom stereocenters. The first-order valence-electron chi connectivity index (χ1n) is 8.63. The predicted octanol–water partition coefficient (Wildman–Crippen LogP) is 3.77. The van der Waals surface area contributed by atoms with E-state index in [0.29, 0.717) is 24.7 Å². The second-order valence-electron chi connectivity index (χ2n) is 6.43. The van der Waals surface area contributed by atoms with Crippen LogP contribution in [0.3, 0.4) is 0 Å². The molecule has 2 heterocycles. The minimum atomic E-state index is -0.259. The molecule has 1 fully saturated rings. The molecule has 0 amide bonds. The van der Waals surface area contributed by atoms with E-state index < -0.39 is 0 Å². The summed E-state index contributed by atoms with van der Waals surface area (Å²) in [6, 6.07) is 10.9. The minimum Gasteiger partial charge on any atom is -0.489 e. The molecular weight excluding hydrogens is 318 g/mol. The molecule has 0 N–H and O–H groups in total. The van der Waals surface area contributed by atoms with Gasteiger partial charge in [0.1, 0.15) is 18.1 Å². The second kappa shape index (κ2) is 8.62. The van der Waals surface area contributed by atoms with Crippen LogP contribution < -0.4 is 9.47 Å². The van der Waals surface area contributed by atoms with Gasteiger partial charge >= 0.3 is 5.97 Å². The van der Waals surface area contributed by atoms with Gasteiger partial charge in [0.15, 0.2) is 0 Å². The van der Waals surface area contributed by atoms with Gasteiger partial charge in [-0.1, -0.05) is 6.92 Å². The first-order chi connectivity index (χ1) is 12.2. The molecule has 1 aliphatic heterocycles. The largest absolute Gasteiger partial charge is 0.489 e. The highest BCUT2D eigenvalue weighted by Crippen LogP contribution is 2.22. The fraction of sp³-hybridized carbons (Fsp3) is 0.400. The van der Waals surface area contributed by atoms with Crippen molar-refractivity contribution in [2.75, 3.05) is 6.61 Å². The van der Waals surface area contributed by atoms with E-state index in [4.69, 9.17) is 14.2 Å². The highest BCUT2D eigenvalue weighted by molar-refractivity contribution is 5.72. The molecule has 25 heavy (non-hydrogen) atoms. The Morgan fingerprint density at radius 1 is 1.12 bits per heavy atom. The Kier molecular flexibility index (Phi) is 6.01. The summed E-state index contributed by atoms with van der Waals surface area (Å²) in [5.74, 6) is 1.56. The zero-order valence-electron chi connectivity index (χ0n) is 14.4. The lowest BCUT2D eigenvalue weighted by Crippen LogP contribution is -2.28. The summed E-state index contributed by atoms with van der Waals surface area (Å²) >= 11 is 0. The molecule has 1 saturated heterocycles. The molecule has 0 bridgehead atoms. The van der Waals surface area contributed by atoms with E-state index in [1.54, 1.807) is 36.7 Å². The first-order valence-corrected chi connectivity index (χ1v) is 8.63. The number of ether oxygens (including phenoxy) is 3. The van der Waals surface area contributed by atoms with Gasteiger partial charge in [-0.2, -0.15) is 0 Å². The van der Waals surface area contributed by atoms with E-state index in [1.165, 1.54) is 0 Å². The number of hydrogen-bond acceptors (Lipinski definition) is 5. The van der Waals surface area contributed by atoms with Crippen LogP contribution in [0.2, 0.25) is 0 Å². The van der Waals surface area contributed by atoms with E-state index >= 15 is 0 Å². The van der Waals surface area contributed by atoms with E-state index in [9.17, 15) is 4.79 Å². The zero-order chi connectivity index (χ0) is 17.5. The molecule has 0 saturated carbocycles. The number of nitrogens with zero attached hydrogens (tertiary/aromatic N) is 1. The third kappa shape index (κ3) is 5.57. The van der Waals surface area contributed by atoms with Crippen molar-refractivity contribution in [3.63, 3.8) is 0 Å². The van der Waals surface area contributed by atoms with Crippen molar-refractivity contribution < 1.29 is 19.0 Å². The number of pyridine rings is 1. The Hall–Kier alpha value is -2.40. The number of carbonyl (C=O) groups excluding carboxylic acids is 1. The normalized spacial score (nSPS) is 20.0. The van der Waals surface area contributed by atoms with Crippen molar-refractivity contribution >= 4 is 5.97 Å². The molecule has 2 aromatic rings. The maximum absolute atomic E-state index is 12.0. The van der Waals surface area contributed by atoms with Gasteiger partial charge in [-0.3, -0.25) is 9.78 Å². The summed E-state index contributed by atoms with van der Waals surface area (Å²) in [6.45, 7) is 3.35. The van der Waals surface area contributed by atoms with Crippen LogP contribution in [-0.4, -0.2) is 23.7 Å². The Labute approximate surface area is 147 Å². The van der Waals surface area contributed by atoms with Crippen LogP contribution in [0, 0.1) is 5.92 Å². The van der Waals surface area contributed by atoms with E-state index in [2.05, 4.69) is 11.9 Å². The van der Waals surface area contributed by atoms with Crippen molar-refractivity contribution in [1.29, 1.82) is 0 Å². The van der Waals surface area contributed by atoms with Crippen molar-refractivity contribution in [3.05, 3.63) is 54.4 Å². The van der Waals surface area contributed by atoms with Gasteiger partial charge in [0, 0.05) is 19.0 Å². The van der Waals surface area contributed by atoms with Crippen LogP contribution >= 0.6 is 0 Å². The highest BCUT2D eigenvalue weighted by Gasteiger charge is 2.22. The lowest BCUT2D eigenvalue weighted by atomic mass is 9.99. The summed E-state index contributed by atoms with van der Waals surface area (Å²) in [7, 11) is 0. The van der Waals surface area contributed by atoms with Gasteiger partial charge in [0.2, 0.25) is 0 Å². The molecule has 1 aliphatic rings. The number of aromatic nitrogens is 1. The summed E-state index contributed by atoms with van der Waals surface area (Å²) < 4.78 is 16.7. The Morgan fingerprint density at radius 3 is 2.52 bits per heavy atom. The maximum atomic E-state index is 12.0. The first kappa shape index (κ1) is 17.4. The third-order valence-corrected chi connectivity index (χ3v) is 4.20. The monoisotopic (exact) mass is 341 g/mol. The smallest absolute Gasteiger partial charge is 0.313 e. The molecule has 0 radical (unpaired) electrons. The molecule has 5 heteroatoms. The summed E-state index contributed by atoms with van der Waals surface area (Å²) in [5, 5.41) is 0. The number of hydrogen-bond donors (Lipinski definition) is 0. The van der Waals surface area contributed by atoms with Crippen LogP contribution in [0.25, 0.3) is 0 Å². The fourth-order valence-electron chi connectivity index (χ4n) is 2.71. The topological polar surface area (TPSA) is 57.7 Å². The molecule has 2 atom stereocenters. The molecule has 0 spiro atoms. The molecular formula is C20H23NO4. The quantitative estimate of drug-likeness (QED) is 0.591. The highest BCUT2D eigenvalue weighted by atomic mass is 16.5. The minimum absolute atomic E-state index is 0.0216. The Balaban J connectivity index is 1.44.